The fourth-order valence-corrected chi connectivity index (χ4v) is 4.41. The molecule has 82 valence electrons. The van der Waals surface area contributed by atoms with Gasteiger partial charge in [-0.15, -0.1) is 3.63 Å². The van der Waals surface area contributed by atoms with Crippen LogP contribution in [0.25, 0.3) is 0 Å². The number of rotatable bonds is 0. The Balaban J connectivity index is 2.83. The summed E-state index contributed by atoms with van der Waals surface area (Å²) in [4.78, 5) is -0.472. The number of phenolic OH excluding ortho intramolecular Hbond substituents is 1. The molecule has 1 aliphatic heterocycles. The summed E-state index contributed by atoms with van der Waals surface area (Å²) < 4.78 is 48.8. The monoisotopic (exact) mass is 250 g/mol. The lowest BCUT2D eigenvalue weighted by atomic mass is 10.2. The van der Waals surface area contributed by atoms with E-state index in [-0.39, 0.29) is 5.56 Å². The van der Waals surface area contributed by atoms with Crippen molar-refractivity contribution in [2.45, 2.75) is 10.6 Å². The zero-order valence-electron chi connectivity index (χ0n) is 7.24. The second kappa shape index (κ2) is 2.94. The first kappa shape index (κ1) is 10.4. The van der Waals surface area contributed by atoms with Crippen molar-refractivity contribution in [2.24, 2.45) is 0 Å². The van der Waals surface area contributed by atoms with Crippen molar-refractivity contribution in [1.82, 2.24) is 0 Å². The van der Waals surface area contributed by atoms with Gasteiger partial charge in [0.15, 0.2) is 0 Å². The molecular formula is C7H6O6S2. The maximum atomic E-state index is 11.3. The standard InChI is InChI=1S/C7H6O6S2/c8-6-3-1-2-5-4-14(9,10)13-15(11,12)7(5)6/h1-3,8H,4H2. The Kier molecular flexibility index (Phi) is 2.04. The third kappa shape index (κ3) is 1.71. The molecule has 1 N–H and O–H groups in total. The van der Waals surface area contributed by atoms with E-state index in [1.54, 1.807) is 0 Å². The van der Waals surface area contributed by atoms with Crippen LogP contribution in [-0.2, 0) is 29.6 Å². The molecule has 0 aromatic heterocycles. The zero-order valence-corrected chi connectivity index (χ0v) is 8.88. The molecule has 1 aliphatic rings. The van der Waals surface area contributed by atoms with Crippen LogP contribution in [0.4, 0.5) is 0 Å². The minimum atomic E-state index is -4.42. The fourth-order valence-electron chi connectivity index (χ4n) is 1.36. The first-order chi connectivity index (χ1) is 6.82. The van der Waals surface area contributed by atoms with E-state index in [4.69, 9.17) is 0 Å². The molecule has 1 aromatic carbocycles. The van der Waals surface area contributed by atoms with Crippen molar-refractivity contribution in [1.29, 1.82) is 0 Å². The van der Waals surface area contributed by atoms with Gasteiger partial charge >= 0.3 is 10.1 Å². The summed E-state index contributed by atoms with van der Waals surface area (Å²) in [5.74, 6) is -1.07. The molecule has 0 fully saturated rings. The molecule has 2 rings (SSSR count). The van der Waals surface area contributed by atoms with E-state index < -0.39 is 36.6 Å². The lowest BCUT2D eigenvalue weighted by Crippen LogP contribution is -2.23. The Labute approximate surface area is 86.4 Å². The van der Waals surface area contributed by atoms with E-state index in [0.29, 0.717) is 0 Å². The van der Waals surface area contributed by atoms with E-state index >= 15 is 0 Å². The van der Waals surface area contributed by atoms with Crippen LogP contribution in [0.3, 0.4) is 0 Å². The van der Waals surface area contributed by atoms with Crippen LogP contribution in [0, 0.1) is 0 Å². The summed E-state index contributed by atoms with van der Waals surface area (Å²) in [6.45, 7) is 0. The maximum absolute atomic E-state index is 11.3. The van der Waals surface area contributed by atoms with E-state index in [1.165, 1.54) is 12.1 Å². The van der Waals surface area contributed by atoms with Gasteiger partial charge in [0.1, 0.15) is 16.4 Å². The van der Waals surface area contributed by atoms with Crippen LogP contribution < -0.4 is 0 Å². The highest BCUT2D eigenvalue weighted by molar-refractivity contribution is 8.00. The van der Waals surface area contributed by atoms with Gasteiger partial charge in [0.2, 0.25) is 0 Å². The summed E-state index contributed by atoms with van der Waals surface area (Å²) in [5, 5.41) is 9.31. The lowest BCUT2D eigenvalue weighted by Gasteiger charge is -2.16. The first-order valence-electron chi connectivity index (χ1n) is 3.81. The summed E-state index contributed by atoms with van der Waals surface area (Å²) in [7, 11) is -8.54. The Bertz CT molecular complexity index is 613. The number of phenols is 1. The minimum absolute atomic E-state index is 0.0150. The molecule has 0 radical (unpaired) electrons. The average Bonchev–Trinajstić information content (AvgIpc) is 1.97. The molecule has 8 heteroatoms. The van der Waals surface area contributed by atoms with Crippen molar-refractivity contribution in [3.8, 4) is 5.75 Å². The van der Waals surface area contributed by atoms with Crippen molar-refractivity contribution in [3.63, 3.8) is 0 Å². The van der Waals surface area contributed by atoms with Gasteiger partial charge < -0.3 is 5.11 Å². The molecule has 0 saturated heterocycles. The quantitative estimate of drug-likeness (QED) is 0.692. The molecule has 0 amide bonds. The zero-order chi connectivity index (χ0) is 11.3. The fraction of sp³-hybridized carbons (Fsp3) is 0.143. The molecule has 1 heterocycles. The highest BCUT2D eigenvalue weighted by atomic mass is 32.3. The smallest absolute Gasteiger partial charge is 0.315 e. The van der Waals surface area contributed by atoms with Crippen LogP contribution in [0.1, 0.15) is 5.56 Å². The van der Waals surface area contributed by atoms with Gasteiger partial charge in [-0.2, -0.15) is 16.8 Å². The molecule has 0 atom stereocenters. The molecular weight excluding hydrogens is 244 g/mol. The number of aromatic hydroxyl groups is 1. The predicted molar refractivity (Wildman–Crippen MR) is 49.0 cm³/mol. The van der Waals surface area contributed by atoms with Crippen molar-refractivity contribution < 1.29 is 25.6 Å². The molecule has 0 spiro atoms. The van der Waals surface area contributed by atoms with Gasteiger partial charge in [0.25, 0.3) is 10.1 Å². The number of benzene rings is 1. The summed E-state index contributed by atoms with van der Waals surface area (Å²) in [6.07, 6.45) is 0. The molecule has 1 aromatic rings. The van der Waals surface area contributed by atoms with Crippen LogP contribution >= 0.6 is 0 Å². The summed E-state index contributed by atoms with van der Waals surface area (Å²) in [6, 6.07) is 3.83. The van der Waals surface area contributed by atoms with E-state index in [0.717, 1.165) is 6.07 Å². The predicted octanol–water partition coefficient (Wildman–Crippen LogP) is -0.0591. The minimum Gasteiger partial charge on any atom is -0.506 e. The van der Waals surface area contributed by atoms with Gasteiger partial charge in [-0.1, -0.05) is 12.1 Å². The van der Waals surface area contributed by atoms with Crippen LogP contribution in [-0.4, -0.2) is 21.9 Å². The van der Waals surface area contributed by atoms with Crippen molar-refractivity contribution in [2.75, 3.05) is 0 Å². The Morgan fingerprint density at radius 2 is 1.87 bits per heavy atom. The molecule has 6 nitrogen and oxygen atoms in total. The molecule has 0 aliphatic carbocycles. The molecule has 0 saturated carbocycles. The Morgan fingerprint density at radius 1 is 1.20 bits per heavy atom. The normalized spacial score (nSPS) is 21.9. The number of hydrogen-bond donors (Lipinski definition) is 1. The van der Waals surface area contributed by atoms with Crippen molar-refractivity contribution >= 4 is 20.2 Å². The third-order valence-corrected chi connectivity index (χ3v) is 5.03. The van der Waals surface area contributed by atoms with Gasteiger partial charge in [-0.25, -0.2) is 0 Å². The molecule has 0 unspecified atom stereocenters. The van der Waals surface area contributed by atoms with Gasteiger partial charge in [-0.3, -0.25) is 0 Å². The number of hydrogen-bond acceptors (Lipinski definition) is 6. The van der Waals surface area contributed by atoms with Gasteiger partial charge in [-0.05, 0) is 11.6 Å². The highest BCUT2D eigenvalue weighted by Crippen LogP contribution is 2.34. The van der Waals surface area contributed by atoms with E-state index in [1.807, 2.05) is 0 Å². The Hall–Kier alpha value is -1.12. The lowest BCUT2D eigenvalue weighted by molar-refractivity contribution is 0.430. The van der Waals surface area contributed by atoms with Crippen LogP contribution in [0.2, 0.25) is 0 Å². The topological polar surface area (TPSA) is 97.7 Å². The number of fused-ring (bicyclic) bond motifs is 1. The van der Waals surface area contributed by atoms with Crippen LogP contribution in [0.15, 0.2) is 23.1 Å². The SMILES string of the molecule is O=S1(=O)Cc2cccc(O)c2S(=O)(=O)O1. The van der Waals surface area contributed by atoms with E-state index in [9.17, 15) is 21.9 Å². The Morgan fingerprint density at radius 3 is 2.53 bits per heavy atom. The van der Waals surface area contributed by atoms with Gasteiger partial charge in [0.05, 0.1) is 0 Å². The second-order valence-corrected chi connectivity index (χ2v) is 6.25. The summed E-state index contributed by atoms with van der Waals surface area (Å²) >= 11 is 0. The van der Waals surface area contributed by atoms with Crippen LogP contribution in [0.5, 0.6) is 5.75 Å². The molecule has 15 heavy (non-hydrogen) atoms. The summed E-state index contributed by atoms with van der Waals surface area (Å²) in [5.41, 5.74) is 0.0150. The average molecular weight is 250 g/mol. The highest BCUT2D eigenvalue weighted by Gasteiger charge is 2.36. The first-order valence-corrected chi connectivity index (χ1v) is 6.80. The molecule has 0 bridgehead atoms. The van der Waals surface area contributed by atoms with Crippen molar-refractivity contribution in [3.05, 3.63) is 23.8 Å². The third-order valence-electron chi connectivity index (χ3n) is 1.85. The largest absolute Gasteiger partial charge is 0.506 e. The van der Waals surface area contributed by atoms with Gasteiger partial charge in [0, 0.05) is 0 Å². The van der Waals surface area contributed by atoms with E-state index in [2.05, 4.69) is 3.63 Å². The second-order valence-electron chi connectivity index (χ2n) is 2.99. The maximum Gasteiger partial charge on any atom is 0.315 e.